The SMILES string of the molecule is CCCOc1ccccc1/C=N\n1c(=S)[nH]nc(CCC(=O)O)c1=O. The Morgan fingerprint density at radius 2 is 2.24 bits per heavy atom. The van der Waals surface area contributed by atoms with E-state index in [-0.39, 0.29) is 23.3 Å². The van der Waals surface area contributed by atoms with Gasteiger partial charge in [-0.25, -0.2) is 0 Å². The number of rotatable bonds is 8. The number of carbonyl (C=O) groups is 1. The number of nitrogens with one attached hydrogen (secondary N) is 1. The second-order valence-corrected chi connectivity index (χ2v) is 5.50. The molecule has 132 valence electrons. The number of aromatic nitrogens is 3. The lowest BCUT2D eigenvalue weighted by Gasteiger charge is -2.07. The maximum absolute atomic E-state index is 12.4. The van der Waals surface area contributed by atoms with Gasteiger partial charge in [-0.05, 0) is 30.8 Å². The average Bonchev–Trinajstić information content (AvgIpc) is 2.59. The largest absolute Gasteiger partial charge is 0.493 e. The zero-order chi connectivity index (χ0) is 18.2. The van der Waals surface area contributed by atoms with Gasteiger partial charge in [0.1, 0.15) is 11.4 Å². The number of aliphatic carboxylic acids is 1. The van der Waals surface area contributed by atoms with Gasteiger partial charge in [0.05, 0.1) is 19.2 Å². The minimum Gasteiger partial charge on any atom is -0.493 e. The van der Waals surface area contributed by atoms with Crippen LogP contribution >= 0.6 is 12.2 Å². The number of para-hydroxylation sites is 1. The molecule has 0 amide bonds. The number of H-pyrrole nitrogens is 1. The van der Waals surface area contributed by atoms with Gasteiger partial charge in [0, 0.05) is 12.0 Å². The van der Waals surface area contributed by atoms with Gasteiger partial charge < -0.3 is 9.84 Å². The Bertz CT molecular complexity index is 888. The Hall–Kier alpha value is -2.81. The van der Waals surface area contributed by atoms with E-state index in [4.69, 9.17) is 22.1 Å². The van der Waals surface area contributed by atoms with E-state index in [0.29, 0.717) is 17.9 Å². The quantitative estimate of drug-likeness (QED) is 0.549. The van der Waals surface area contributed by atoms with Crippen molar-refractivity contribution in [1.82, 2.24) is 14.9 Å². The summed E-state index contributed by atoms with van der Waals surface area (Å²) in [5.41, 5.74) is 0.207. The summed E-state index contributed by atoms with van der Waals surface area (Å²) in [5.74, 6) is -0.364. The molecule has 0 atom stereocenters. The third-order valence-electron chi connectivity index (χ3n) is 3.19. The van der Waals surface area contributed by atoms with Crippen LogP contribution < -0.4 is 10.3 Å². The molecule has 2 rings (SSSR count). The van der Waals surface area contributed by atoms with Gasteiger partial charge in [-0.1, -0.05) is 19.1 Å². The minimum absolute atomic E-state index is 0.00794. The Morgan fingerprint density at radius 1 is 1.48 bits per heavy atom. The normalized spacial score (nSPS) is 10.9. The number of nitrogens with zero attached hydrogens (tertiary/aromatic N) is 3. The van der Waals surface area contributed by atoms with Crippen molar-refractivity contribution in [2.75, 3.05) is 6.61 Å². The molecule has 2 aromatic rings. The standard InChI is InChI=1S/C16H18N4O4S/c1-2-9-24-13-6-4-3-5-11(13)10-17-20-15(23)12(7-8-14(21)22)18-19-16(20)25/h3-6,10H,2,7-9H2,1H3,(H,19,25)(H,21,22)/b17-10-. The highest BCUT2D eigenvalue weighted by atomic mass is 32.1. The van der Waals surface area contributed by atoms with E-state index in [1.54, 1.807) is 6.07 Å². The predicted octanol–water partition coefficient (Wildman–Crippen LogP) is 1.99. The summed E-state index contributed by atoms with van der Waals surface area (Å²) in [6.45, 7) is 2.57. The van der Waals surface area contributed by atoms with Gasteiger partial charge in [0.15, 0.2) is 0 Å². The number of benzene rings is 1. The fraction of sp³-hybridized carbons (Fsp3) is 0.312. The highest BCUT2D eigenvalue weighted by molar-refractivity contribution is 7.71. The van der Waals surface area contributed by atoms with Crippen LogP contribution in [0.2, 0.25) is 0 Å². The Labute approximate surface area is 148 Å². The fourth-order valence-corrected chi connectivity index (χ4v) is 2.14. The Kier molecular flexibility index (Phi) is 6.58. The minimum atomic E-state index is -1.01. The van der Waals surface area contributed by atoms with Gasteiger partial charge in [0.25, 0.3) is 5.56 Å². The van der Waals surface area contributed by atoms with Crippen LogP contribution in [0, 0.1) is 4.77 Å². The van der Waals surface area contributed by atoms with Crippen LogP contribution in [0.4, 0.5) is 0 Å². The monoisotopic (exact) mass is 362 g/mol. The molecule has 0 radical (unpaired) electrons. The lowest BCUT2D eigenvalue weighted by molar-refractivity contribution is -0.136. The van der Waals surface area contributed by atoms with Crippen molar-refractivity contribution in [3.05, 3.63) is 50.6 Å². The van der Waals surface area contributed by atoms with Crippen molar-refractivity contribution in [3.63, 3.8) is 0 Å². The lowest BCUT2D eigenvalue weighted by atomic mass is 10.2. The van der Waals surface area contributed by atoms with Crippen LogP contribution in [-0.2, 0) is 11.2 Å². The molecule has 0 aliphatic heterocycles. The van der Waals surface area contributed by atoms with Crippen molar-refractivity contribution in [2.24, 2.45) is 5.10 Å². The number of ether oxygens (including phenoxy) is 1. The maximum atomic E-state index is 12.4. The van der Waals surface area contributed by atoms with E-state index >= 15 is 0 Å². The van der Waals surface area contributed by atoms with Gasteiger partial charge in [-0.2, -0.15) is 14.9 Å². The number of hydrogen-bond acceptors (Lipinski definition) is 6. The summed E-state index contributed by atoms with van der Waals surface area (Å²) in [6.07, 6.45) is 2.13. The molecule has 1 heterocycles. The number of aromatic amines is 1. The van der Waals surface area contributed by atoms with Gasteiger partial charge in [-0.15, -0.1) is 0 Å². The summed E-state index contributed by atoms with van der Waals surface area (Å²) in [7, 11) is 0. The first kappa shape index (κ1) is 18.5. The van der Waals surface area contributed by atoms with Crippen LogP contribution in [0.3, 0.4) is 0 Å². The first-order valence-electron chi connectivity index (χ1n) is 7.71. The fourth-order valence-electron chi connectivity index (χ4n) is 1.97. The van der Waals surface area contributed by atoms with Crippen LogP contribution in [-0.4, -0.2) is 38.8 Å². The van der Waals surface area contributed by atoms with Gasteiger partial charge >= 0.3 is 5.97 Å². The summed E-state index contributed by atoms with van der Waals surface area (Å²) in [6, 6.07) is 7.29. The van der Waals surface area contributed by atoms with Crippen molar-refractivity contribution in [3.8, 4) is 5.75 Å². The van der Waals surface area contributed by atoms with Crippen molar-refractivity contribution in [1.29, 1.82) is 0 Å². The molecule has 0 saturated carbocycles. The molecule has 0 spiro atoms. The second-order valence-electron chi connectivity index (χ2n) is 5.12. The third-order valence-corrected chi connectivity index (χ3v) is 3.45. The highest BCUT2D eigenvalue weighted by Gasteiger charge is 2.09. The number of carboxylic acid groups (broad SMARTS) is 1. The number of carboxylic acids is 1. The van der Waals surface area contributed by atoms with Crippen LogP contribution in [0.5, 0.6) is 5.75 Å². The van der Waals surface area contributed by atoms with Crippen LogP contribution in [0.25, 0.3) is 0 Å². The van der Waals surface area contributed by atoms with Crippen LogP contribution in [0.1, 0.15) is 31.0 Å². The summed E-state index contributed by atoms with van der Waals surface area (Å²) in [5, 5.41) is 19.1. The smallest absolute Gasteiger partial charge is 0.303 e. The van der Waals surface area contributed by atoms with E-state index in [1.807, 2.05) is 25.1 Å². The van der Waals surface area contributed by atoms with Gasteiger partial charge in [-0.3, -0.25) is 14.7 Å². The zero-order valence-electron chi connectivity index (χ0n) is 13.6. The summed E-state index contributed by atoms with van der Waals surface area (Å²) in [4.78, 5) is 23.0. The molecular formula is C16H18N4O4S. The second kappa shape index (κ2) is 8.88. The molecule has 0 aliphatic rings. The third kappa shape index (κ3) is 5.08. The van der Waals surface area contributed by atoms with E-state index in [0.717, 1.165) is 11.1 Å². The molecule has 0 saturated heterocycles. The van der Waals surface area contributed by atoms with Crippen molar-refractivity contribution in [2.45, 2.75) is 26.2 Å². The Balaban J connectivity index is 2.32. The molecule has 0 unspecified atom stereocenters. The molecule has 0 fully saturated rings. The lowest BCUT2D eigenvalue weighted by Crippen LogP contribution is -2.25. The Morgan fingerprint density at radius 3 is 2.96 bits per heavy atom. The first-order chi connectivity index (χ1) is 12.0. The summed E-state index contributed by atoms with van der Waals surface area (Å²) < 4.78 is 6.64. The van der Waals surface area contributed by atoms with Crippen LogP contribution in [0.15, 0.2) is 34.2 Å². The van der Waals surface area contributed by atoms with E-state index in [2.05, 4.69) is 15.3 Å². The topological polar surface area (TPSA) is 110 Å². The summed E-state index contributed by atoms with van der Waals surface area (Å²) >= 11 is 5.04. The predicted molar refractivity (Wildman–Crippen MR) is 94.9 cm³/mol. The molecule has 0 bridgehead atoms. The molecule has 1 aromatic heterocycles. The molecule has 25 heavy (non-hydrogen) atoms. The van der Waals surface area contributed by atoms with E-state index in [1.165, 1.54) is 6.21 Å². The molecule has 2 N–H and O–H groups in total. The van der Waals surface area contributed by atoms with E-state index in [9.17, 15) is 9.59 Å². The average molecular weight is 362 g/mol. The number of aryl methyl sites for hydroxylation is 1. The molecule has 0 aliphatic carbocycles. The van der Waals surface area contributed by atoms with Crippen molar-refractivity contribution < 1.29 is 14.6 Å². The molecular weight excluding hydrogens is 344 g/mol. The molecule has 1 aromatic carbocycles. The number of hydrogen-bond donors (Lipinski definition) is 2. The molecule has 9 heteroatoms. The maximum Gasteiger partial charge on any atom is 0.303 e. The zero-order valence-corrected chi connectivity index (χ0v) is 14.5. The van der Waals surface area contributed by atoms with E-state index < -0.39 is 11.5 Å². The van der Waals surface area contributed by atoms with Gasteiger partial charge in [0.2, 0.25) is 4.77 Å². The first-order valence-corrected chi connectivity index (χ1v) is 8.12. The molecule has 8 nitrogen and oxygen atoms in total. The van der Waals surface area contributed by atoms with Crippen molar-refractivity contribution >= 4 is 24.4 Å². The highest BCUT2D eigenvalue weighted by Crippen LogP contribution is 2.16.